The molecule has 2 unspecified atom stereocenters. The maximum Gasteiger partial charge on any atom is 0.416 e. The van der Waals surface area contributed by atoms with E-state index >= 15 is 0 Å². The standard InChI is InChI=1S/C16H22F3N/c1-20-11-12-7-3-2-4-8-13(12)14-9-5-6-10-15(14)16(17,18)19/h5-6,9-10,12-13,20H,2-4,7-8,11H2,1H3. The minimum absolute atomic E-state index is 0.0165. The summed E-state index contributed by atoms with van der Waals surface area (Å²) >= 11 is 0. The monoisotopic (exact) mass is 285 g/mol. The van der Waals surface area contributed by atoms with Gasteiger partial charge in [0.2, 0.25) is 0 Å². The quantitative estimate of drug-likeness (QED) is 0.801. The molecule has 1 aliphatic rings. The van der Waals surface area contributed by atoms with Crippen LogP contribution in [0.3, 0.4) is 0 Å². The predicted octanol–water partition coefficient (Wildman–Crippen LogP) is 4.59. The van der Waals surface area contributed by atoms with E-state index in [1.165, 1.54) is 12.1 Å². The molecule has 0 aromatic heterocycles. The van der Waals surface area contributed by atoms with Gasteiger partial charge in [-0.15, -0.1) is 0 Å². The van der Waals surface area contributed by atoms with E-state index in [-0.39, 0.29) is 5.92 Å². The SMILES string of the molecule is CNCC1CCCCCC1c1ccccc1C(F)(F)F. The van der Waals surface area contributed by atoms with Crippen LogP contribution >= 0.6 is 0 Å². The fraction of sp³-hybridized carbons (Fsp3) is 0.625. The predicted molar refractivity (Wildman–Crippen MR) is 74.7 cm³/mol. The molecule has 0 heterocycles. The molecule has 1 aromatic rings. The average Bonchev–Trinajstić information content (AvgIpc) is 2.64. The summed E-state index contributed by atoms with van der Waals surface area (Å²) in [6.07, 6.45) is 0.892. The molecule has 0 radical (unpaired) electrons. The van der Waals surface area contributed by atoms with Gasteiger partial charge < -0.3 is 5.32 Å². The van der Waals surface area contributed by atoms with E-state index in [0.29, 0.717) is 11.5 Å². The van der Waals surface area contributed by atoms with Gasteiger partial charge in [-0.1, -0.05) is 37.5 Å². The van der Waals surface area contributed by atoms with Crippen molar-refractivity contribution >= 4 is 0 Å². The maximum atomic E-state index is 13.2. The van der Waals surface area contributed by atoms with E-state index in [0.717, 1.165) is 38.6 Å². The summed E-state index contributed by atoms with van der Waals surface area (Å²) in [5, 5.41) is 3.14. The fourth-order valence-corrected chi connectivity index (χ4v) is 3.38. The Balaban J connectivity index is 2.36. The van der Waals surface area contributed by atoms with Crippen LogP contribution in [0.25, 0.3) is 0 Å². The molecule has 1 nitrogen and oxygen atoms in total. The summed E-state index contributed by atoms with van der Waals surface area (Å²) in [5.41, 5.74) is 0.0372. The average molecular weight is 285 g/mol. The lowest BCUT2D eigenvalue weighted by atomic mass is 9.80. The second-order valence-electron chi connectivity index (χ2n) is 5.65. The molecule has 2 rings (SSSR count). The number of nitrogens with one attached hydrogen (secondary N) is 1. The topological polar surface area (TPSA) is 12.0 Å². The van der Waals surface area contributed by atoms with Crippen LogP contribution in [0.5, 0.6) is 0 Å². The Morgan fingerprint density at radius 2 is 1.80 bits per heavy atom. The number of benzene rings is 1. The molecule has 1 N–H and O–H groups in total. The summed E-state index contributed by atoms with van der Waals surface area (Å²) < 4.78 is 39.6. The lowest BCUT2D eigenvalue weighted by Crippen LogP contribution is -2.25. The molecule has 0 bridgehead atoms. The van der Waals surface area contributed by atoms with Crippen molar-refractivity contribution in [1.29, 1.82) is 0 Å². The highest BCUT2D eigenvalue weighted by Crippen LogP contribution is 2.42. The molecule has 0 amide bonds. The highest BCUT2D eigenvalue weighted by Gasteiger charge is 2.36. The first-order valence-corrected chi connectivity index (χ1v) is 7.34. The van der Waals surface area contributed by atoms with Crippen molar-refractivity contribution in [2.75, 3.05) is 13.6 Å². The first-order valence-electron chi connectivity index (χ1n) is 7.34. The van der Waals surface area contributed by atoms with Crippen molar-refractivity contribution < 1.29 is 13.2 Å². The molecular formula is C16H22F3N. The summed E-state index contributed by atoms with van der Waals surface area (Å²) in [7, 11) is 1.87. The molecule has 0 saturated heterocycles. The van der Waals surface area contributed by atoms with Crippen LogP contribution in [0.2, 0.25) is 0 Å². The molecule has 4 heteroatoms. The number of hydrogen-bond acceptors (Lipinski definition) is 1. The van der Waals surface area contributed by atoms with E-state index in [1.54, 1.807) is 12.1 Å². The lowest BCUT2D eigenvalue weighted by molar-refractivity contribution is -0.138. The molecule has 1 fully saturated rings. The van der Waals surface area contributed by atoms with Gasteiger partial charge in [-0.3, -0.25) is 0 Å². The minimum Gasteiger partial charge on any atom is -0.319 e. The Bertz CT molecular complexity index is 428. The van der Waals surface area contributed by atoms with Crippen molar-refractivity contribution in [2.45, 2.75) is 44.2 Å². The van der Waals surface area contributed by atoms with Crippen LogP contribution in [0, 0.1) is 5.92 Å². The Labute approximate surface area is 118 Å². The molecule has 112 valence electrons. The minimum atomic E-state index is -4.26. The lowest BCUT2D eigenvalue weighted by Gasteiger charge is -2.28. The second-order valence-corrected chi connectivity index (χ2v) is 5.65. The van der Waals surface area contributed by atoms with Crippen LogP contribution in [0.1, 0.15) is 49.1 Å². The van der Waals surface area contributed by atoms with Crippen LogP contribution < -0.4 is 5.32 Å². The second kappa shape index (κ2) is 6.61. The maximum absolute atomic E-state index is 13.2. The first kappa shape index (κ1) is 15.4. The molecule has 0 spiro atoms. The van der Waals surface area contributed by atoms with E-state index in [4.69, 9.17) is 0 Å². The number of hydrogen-bond donors (Lipinski definition) is 1. The van der Waals surface area contributed by atoms with Crippen LogP contribution in [0.4, 0.5) is 13.2 Å². The molecule has 0 aliphatic heterocycles. The van der Waals surface area contributed by atoms with Gasteiger partial charge in [-0.25, -0.2) is 0 Å². The van der Waals surface area contributed by atoms with Crippen molar-refractivity contribution in [3.8, 4) is 0 Å². The van der Waals surface area contributed by atoms with Gasteiger partial charge in [0.15, 0.2) is 0 Å². The van der Waals surface area contributed by atoms with Gasteiger partial charge in [-0.2, -0.15) is 13.2 Å². The summed E-state index contributed by atoms with van der Waals surface area (Å²) in [5.74, 6) is 0.314. The zero-order chi connectivity index (χ0) is 14.6. The van der Waals surface area contributed by atoms with Crippen molar-refractivity contribution in [1.82, 2.24) is 5.32 Å². The van der Waals surface area contributed by atoms with Crippen molar-refractivity contribution in [2.24, 2.45) is 5.92 Å². The Hall–Kier alpha value is -1.03. The Morgan fingerprint density at radius 1 is 1.10 bits per heavy atom. The van der Waals surface area contributed by atoms with Crippen LogP contribution in [0.15, 0.2) is 24.3 Å². The van der Waals surface area contributed by atoms with Crippen LogP contribution in [-0.2, 0) is 6.18 Å². The number of alkyl halides is 3. The van der Waals surface area contributed by atoms with E-state index in [9.17, 15) is 13.2 Å². The largest absolute Gasteiger partial charge is 0.416 e. The Kier molecular flexibility index (Phi) is 5.08. The van der Waals surface area contributed by atoms with Crippen molar-refractivity contribution in [3.05, 3.63) is 35.4 Å². The summed E-state index contributed by atoms with van der Waals surface area (Å²) in [6, 6.07) is 6.10. The van der Waals surface area contributed by atoms with Gasteiger partial charge in [0.05, 0.1) is 5.56 Å². The smallest absolute Gasteiger partial charge is 0.319 e. The summed E-state index contributed by atoms with van der Waals surface area (Å²) in [6.45, 7) is 0.789. The third kappa shape index (κ3) is 3.54. The first-order chi connectivity index (χ1) is 9.54. The van der Waals surface area contributed by atoms with Gasteiger partial charge in [0.25, 0.3) is 0 Å². The molecular weight excluding hydrogens is 263 g/mol. The third-order valence-electron chi connectivity index (χ3n) is 4.29. The van der Waals surface area contributed by atoms with Gasteiger partial charge >= 0.3 is 6.18 Å². The highest BCUT2D eigenvalue weighted by atomic mass is 19.4. The van der Waals surface area contributed by atoms with Gasteiger partial charge in [0, 0.05) is 0 Å². The number of halogens is 3. The number of rotatable bonds is 3. The normalized spacial score (nSPS) is 24.4. The molecule has 20 heavy (non-hydrogen) atoms. The van der Waals surface area contributed by atoms with E-state index < -0.39 is 11.7 Å². The summed E-state index contributed by atoms with van der Waals surface area (Å²) in [4.78, 5) is 0. The van der Waals surface area contributed by atoms with E-state index in [1.807, 2.05) is 7.05 Å². The zero-order valence-corrected chi connectivity index (χ0v) is 11.8. The zero-order valence-electron chi connectivity index (χ0n) is 11.8. The van der Waals surface area contributed by atoms with Gasteiger partial charge in [-0.05, 0) is 49.9 Å². The molecule has 1 saturated carbocycles. The van der Waals surface area contributed by atoms with E-state index in [2.05, 4.69) is 5.32 Å². The highest BCUT2D eigenvalue weighted by molar-refractivity contribution is 5.33. The fourth-order valence-electron chi connectivity index (χ4n) is 3.38. The van der Waals surface area contributed by atoms with Gasteiger partial charge in [0.1, 0.15) is 0 Å². The van der Waals surface area contributed by atoms with Crippen LogP contribution in [-0.4, -0.2) is 13.6 Å². The Morgan fingerprint density at radius 3 is 2.50 bits per heavy atom. The molecule has 2 atom stereocenters. The third-order valence-corrected chi connectivity index (χ3v) is 4.29. The molecule has 1 aliphatic carbocycles. The molecule has 1 aromatic carbocycles. The van der Waals surface area contributed by atoms with Crippen molar-refractivity contribution in [3.63, 3.8) is 0 Å².